The third-order valence-electron chi connectivity index (χ3n) is 2.69. The van der Waals surface area contributed by atoms with E-state index < -0.39 is 10.0 Å². The van der Waals surface area contributed by atoms with Crippen LogP contribution in [-0.2, 0) is 27.9 Å². The van der Waals surface area contributed by atoms with Crippen molar-refractivity contribution in [2.24, 2.45) is 0 Å². The zero-order valence-corrected chi connectivity index (χ0v) is 13.3. The molecule has 0 amide bonds. The van der Waals surface area contributed by atoms with Crippen LogP contribution in [-0.4, -0.2) is 31.9 Å². The second-order valence-corrected chi connectivity index (χ2v) is 6.79. The Morgan fingerprint density at radius 2 is 2.00 bits per heavy atom. The van der Waals surface area contributed by atoms with Gasteiger partial charge in [-0.2, -0.15) is 4.37 Å². The molecule has 0 aliphatic carbocycles. The fourth-order valence-corrected chi connectivity index (χ4v) is 2.89. The van der Waals surface area contributed by atoms with E-state index in [0.29, 0.717) is 24.1 Å². The Hall–Kier alpha value is -1.55. The third-order valence-corrected chi connectivity index (χ3v) is 4.83. The quantitative estimate of drug-likeness (QED) is 0.793. The number of anilines is 1. The summed E-state index contributed by atoms with van der Waals surface area (Å²) >= 11 is 1.26. The van der Waals surface area contributed by atoms with Gasteiger partial charge in [-0.05, 0) is 24.7 Å². The number of hydrogen-bond donors (Lipinski definition) is 2. The number of nitrogens with zero attached hydrogens (tertiary/aromatic N) is 2. The lowest BCUT2D eigenvalue weighted by molar-refractivity contribution is 0.179. The van der Waals surface area contributed by atoms with E-state index in [1.165, 1.54) is 18.6 Å². The first-order valence-electron chi connectivity index (χ1n) is 6.13. The molecule has 1 aromatic heterocycles. The van der Waals surface area contributed by atoms with Crippen LogP contribution in [0.25, 0.3) is 0 Å². The molecule has 114 valence electrons. The van der Waals surface area contributed by atoms with Gasteiger partial charge in [-0.15, -0.1) is 0 Å². The van der Waals surface area contributed by atoms with Gasteiger partial charge in [0.25, 0.3) is 0 Å². The van der Waals surface area contributed by atoms with E-state index in [1.54, 1.807) is 31.4 Å². The molecule has 0 aliphatic heterocycles. The maximum atomic E-state index is 11.6. The minimum Gasteiger partial charge on any atom is -0.377 e. The van der Waals surface area contributed by atoms with Gasteiger partial charge < -0.3 is 10.1 Å². The Labute approximate surface area is 127 Å². The van der Waals surface area contributed by atoms with Gasteiger partial charge in [-0.25, -0.2) is 18.1 Å². The smallest absolute Gasteiger partial charge is 0.240 e. The van der Waals surface area contributed by atoms with Crippen molar-refractivity contribution < 1.29 is 13.2 Å². The number of methoxy groups -OCH3 is 1. The second kappa shape index (κ2) is 6.94. The first kappa shape index (κ1) is 15.8. The summed E-state index contributed by atoms with van der Waals surface area (Å²) in [4.78, 5) is 4.49. The largest absolute Gasteiger partial charge is 0.377 e. The van der Waals surface area contributed by atoms with E-state index in [-0.39, 0.29) is 4.90 Å². The van der Waals surface area contributed by atoms with Crippen LogP contribution in [0.5, 0.6) is 0 Å². The van der Waals surface area contributed by atoms with Crippen LogP contribution in [0.3, 0.4) is 0 Å². The van der Waals surface area contributed by atoms with Gasteiger partial charge in [-0.1, -0.05) is 12.1 Å². The molecule has 0 saturated carbocycles. The van der Waals surface area contributed by atoms with Gasteiger partial charge in [-0.3, -0.25) is 0 Å². The minimum atomic E-state index is -3.39. The van der Waals surface area contributed by atoms with Crippen LogP contribution in [0.4, 0.5) is 5.13 Å². The Balaban J connectivity index is 1.97. The van der Waals surface area contributed by atoms with Crippen molar-refractivity contribution in [1.29, 1.82) is 0 Å². The van der Waals surface area contributed by atoms with Gasteiger partial charge >= 0.3 is 0 Å². The highest BCUT2D eigenvalue weighted by Gasteiger charge is 2.10. The molecule has 0 spiro atoms. The lowest BCUT2D eigenvalue weighted by Crippen LogP contribution is -2.18. The van der Waals surface area contributed by atoms with Gasteiger partial charge in [0.15, 0.2) is 5.82 Å². The number of nitrogens with one attached hydrogen (secondary N) is 2. The highest BCUT2D eigenvalue weighted by molar-refractivity contribution is 7.89. The summed E-state index contributed by atoms with van der Waals surface area (Å²) in [5.41, 5.74) is 0.952. The van der Waals surface area contributed by atoms with Crippen LogP contribution < -0.4 is 10.0 Å². The molecule has 0 aliphatic rings. The Morgan fingerprint density at radius 1 is 1.29 bits per heavy atom. The summed E-state index contributed by atoms with van der Waals surface area (Å²) in [6.45, 7) is 0.927. The molecule has 0 radical (unpaired) electrons. The van der Waals surface area contributed by atoms with Crippen molar-refractivity contribution in [2.45, 2.75) is 18.0 Å². The lowest BCUT2D eigenvalue weighted by Gasteiger charge is -2.05. The molecule has 0 unspecified atom stereocenters. The molecular weight excluding hydrogens is 312 g/mol. The number of benzene rings is 1. The summed E-state index contributed by atoms with van der Waals surface area (Å²) in [5, 5.41) is 3.84. The average molecular weight is 328 g/mol. The van der Waals surface area contributed by atoms with Crippen molar-refractivity contribution in [1.82, 2.24) is 14.1 Å². The molecule has 0 bridgehead atoms. The van der Waals surface area contributed by atoms with E-state index in [2.05, 4.69) is 19.4 Å². The maximum Gasteiger partial charge on any atom is 0.240 e. The Bertz CT molecular complexity index is 683. The van der Waals surface area contributed by atoms with Crippen molar-refractivity contribution in [3.8, 4) is 0 Å². The second-order valence-electron chi connectivity index (χ2n) is 4.15. The maximum absolute atomic E-state index is 11.6. The standard InChI is InChI=1S/C12H16N4O3S2/c1-13-21(17,18)10-5-3-9(4-6-10)7-14-12-15-11(8-19-2)16-20-12/h3-6,13H,7-8H2,1-2H3,(H,14,15,16). The average Bonchev–Trinajstić information content (AvgIpc) is 2.94. The monoisotopic (exact) mass is 328 g/mol. The molecule has 1 heterocycles. The Morgan fingerprint density at radius 3 is 2.62 bits per heavy atom. The van der Waals surface area contributed by atoms with Crippen molar-refractivity contribution in [2.75, 3.05) is 19.5 Å². The summed E-state index contributed by atoms with van der Waals surface area (Å²) in [7, 11) is -0.411. The summed E-state index contributed by atoms with van der Waals surface area (Å²) in [6, 6.07) is 6.65. The number of ether oxygens (including phenoxy) is 1. The minimum absolute atomic E-state index is 0.243. The van der Waals surface area contributed by atoms with Gasteiger partial charge in [0.2, 0.25) is 15.2 Å². The van der Waals surface area contributed by atoms with Crippen LogP contribution >= 0.6 is 11.5 Å². The van der Waals surface area contributed by atoms with E-state index in [4.69, 9.17) is 4.74 Å². The van der Waals surface area contributed by atoms with Gasteiger partial charge in [0, 0.05) is 25.2 Å². The zero-order valence-electron chi connectivity index (χ0n) is 11.7. The predicted molar refractivity (Wildman–Crippen MR) is 80.6 cm³/mol. The van der Waals surface area contributed by atoms with E-state index in [9.17, 15) is 8.42 Å². The third kappa shape index (κ3) is 4.21. The van der Waals surface area contributed by atoms with Crippen molar-refractivity contribution in [3.05, 3.63) is 35.7 Å². The van der Waals surface area contributed by atoms with Gasteiger partial charge in [0.05, 0.1) is 4.90 Å². The number of rotatable bonds is 7. The van der Waals surface area contributed by atoms with Gasteiger partial charge in [0.1, 0.15) is 6.61 Å². The number of hydrogen-bond acceptors (Lipinski definition) is 7. The molecule has 0 fully saturated rings. The van der Waals surface area contributed by atoms with E-state index >= 15 is 0 Å². The predicted octanol–water partition coefficient (Wildman–Crippen LogP) is 1.20. The number of aromatic nitrogens is 2. The normalized spacial score (nSPS) is 11.5. The summed E-state index contributed by atoms with van der Waals surface area (Å²) < 4.78 is 34.6. The van der Waals surface area contributed by atoms with Crippen LogP contribution in [0.2, 0.25) is 0 Å². The fraction of sp³-hybridized carbons (Fsp3) is 0.333. The molecule has 0 saturated heterocycles. The highest BCUT2D eigenvalue weighted by atomic mass is 32.2. The van der Waals surface area contributed by atoms with Crippen molar-refractivity contribution >= 4 is 26.7 Å². The molecule has 9 heteroatoms. The molecule has 2 aromatic rings. The number of sulfonamides is 1. The molecular formula is C12H16N4O3S2. The van der Waals surface area contributed by atoms with E-state index in [0.717, 1.165) is 5.56 Å². The van der Waals surface area contributed by atoms with Crippen LogP contribution in [0, 0.1) is 0 Å². The summed E-state index contributed by atoms with van der Waals surface area (Å²) in [5.74, 6) is 0.639. The van der Waals surface area contributed by atoms with Crippen molar-refractivity contribution in [3.63, 3.8) is 0 Å². The molecule has 7 nitrogen and oxygen atoms in total. The zero-order chi connectivity index (χ0) is 15.3. The topological polar surface area (TPSA) is 93.2 Å². The molecule has 1 aromatic carbocycles. The molecule has 2 N–H and O–H groups in total. The molecule has 0 atom stereocenters. The first-order valence-corrected chi connectivity index (χ1v) is 8.38. The highest BCUT2D eigenvalue weighted by Crippen LogP contribution is 2.14. The fourth-order valence-electron chi connectivity index (χ4n) is 1.60. The SMILES string of the molecule is CNS(=O)(=O)c1ccc(CNc2nc(COC)ns2)cc1. The lowest BCUT2D eigenvalue weighted by atomic mass is 10.2. The Kier molecular flexibility index (Phi) is 5.23. The van der Waals surface area contributed by atoms with E-state index in [1.807, 2.05) is 0 Å². The summed E-state index contributed by atoms with van der Waals surface area (Å²) in [6.07, 6.45) is 0. The molecule has 2 rings (SSSR count). The first-order chi connectivity index (χ1) is 10.0. The molecule has 21 heavy (non-hydrogen) atoms. The van der Waals surface area contributed by atoms with Crippen LogP contribution in [0.1, 0.15) is 11.4 Å². The van der Waals surface area contributed by atoms with Crippen LogP contribution in [0.15, 0.2) is 29.2 Å².